The Morgan fingerprint density at radius 1 is 1.19 bits per heavy atom. The summed E-state index contributed by atoms with van der Waals surface area (Å²) in [5, 5.41) is 2.06. The number of hydrogen-bond acceptors (Lipinski definition) is 4. The molecule has 3 aromatic heterocycles. The third-order valence-corrected chi connectivity index (χ3v) is 4.44. The van der Waals surface area contributed by atoms with E-state index in [0.29, 0.717) is 0 Å². The Morgan fingerprint density at radius 2 is 2.10 bits per heavy atom. The molecule has 0 aliphatic heterocycles. The molecule has 108 valence electrons. The van der Waals surface area contributed by atoms with Crippen LogP contribution in [-0.4, -0.2) is 20.6 Å². The van der Waals surface area contributed by atoms with Crippen molar-refractivity contribution >= 4 is 11.3 Å². The molecule has 0 amide bonds. The fraction of sp³-hybridized carbons (Fsp3) is 0.250. The summed E-state index contributed by atoms with van der Waals surface area (Å²) < 4.78 is 2.14. The van der Waals surface area contributed by atoms with Crippen molar-refractivity contribution in [2.24, 2.45) is 5.73 Å². The van der Waals surface area contributed by atoms with Crippen LogP contribution in [0.3, 0.4) is 0 Å². The summed E-state index contributed by atoms with van der Waals surface area (Å²) in [6.45, 7) is 2.10. The molecule has 2 unspecified atom stereocenters. The second-order valence-electron chi connectivity index (χ2n) is 4.91. The normalized spacial score (nSPS) is 14.0. The van der Waals surface area contributed by atoms with Crippen molar-refractivity contribution in [2.45, 2.75) is 25.4 Å². The first kappa shape index (κ1) is 14.0. The average Bonchev–Trinajstić information content (AvgIpc) is 3.19. The first-order chi connectivity index (χ1) is 10.3. The number of nitrogens with zero attached hydrogens (tertiary/aromatic N) is 3. The molecular weight excluding hydrogens is 280 g/mol. The molecule has 0 saturated carbocycles. The van der Waals surface area contributed by atoms with E-state index in [1.165, 1.54) is 0 Å². The highest BCUT2D eigenvalue weighted by atomic mass is 32.1. The topological polar surface area (TPSA) is 56.7 Å². The number of aromatic nitrogens is 3. The summed E-state index contributed by atoms with van der Waals surface area (Å²) in [6, 6.07) is 10.1. The van der Waals surface area contributed by atoms with Gasteiger partial charge in [0.2, 0.25) is 0 Å². The van der Waals surface area contributed by atoms with Crippen molar-refractivity contribution < 1.29 is 0 Å². The molecule has 0 radical (unpaired) electrons. The summed E-state index contributed by atoms with van der Waals surface area (Å²) >= 11 is 1.68. The molecule has 2 N–H and O–H groups in total. The Labute approximate surface area is 128 Å². The number of hydrogen-bond donors (Lipinski definition) is 1. The molecular formula is C16H18N4S. The van der Waals surface area contributed by atoms with Gasteiger partial charge in [-0.1, -0.05) is 19.1 Å². The summed E-state index contributed by atoms with van der Waals surface area (Å²) in [7, 11) is 0. The Bertz CT molecular complexity index is 675. The zero-order chi connectivity index (χ0) is 14.7. The second kappa shape index (κ2) is 6.20. The van der Waals surface area contributed by atoms with E-state index in [9.17, 15) is 0 Å². The molecule has 0 bridgehead atoms. The molecule has 3 heterocycles. The molecule has 0 fully saturated rings. The van der Waals surface area contributed by atoms with Gasteiger partial charge < -0.3 is 10.3 Å². The van der Waals surface area contributed by atoms with Gasteiger partial charge in [0.05, 0.1) is 16.6 Å². The van der Waals surface area contributed by atoms with Gasteiger partial charge in [0.1, 0.15) is 0 Å². The van der Waals surface area contributed by atoms with E-state index in [1.54, 1.807) is 11.3 Å². The van der Waals surface area contributed by atoms with Gasteiger partial charge in [-0.15, -0.1) is 11.3 Å². The van der Waals surface area contributed by atoms with Gasteiger partial charge in [-0.25, -0.2) is 4.98 Å². The van der Waals surface area contributed by atoms with E-state index in [4.69, 9.17) is 5.73 Å². The van der Waals surface area contributed by atoms with Crippen LogP contribution in [0.4, 0.5) is 0 Å². The molecule has 2 atom stereocenters. The van der Waals surface area contributed by atoms with Crippen molar-refractivity contribution in [3.05, 3.63) is 60.0 Å². The van der Waals surface area contributed by atoms with Gasteiger partial charge in [0, 0.05) is 24.6 Å². The van der Waals surface area contributed by atoms with Gasteiger partial charge in [-0.2, -0.15) is 0 Å². The maximum absolute atomic E-state index is 6.38. The van der Waals surface area contributed by atoms with Gasteiger partial charge >= 0.3 is 0 Å². The molecule has 0 aliphatic carbocycles. The number of nitrogens with two attached hydrogens (primary N) is 1. The molecule has 21 heavy (non-hydrogen) atoms. The fourth-order valence-electron chi connectivity index (χ4n) is 2.48. The number of pyridine rings is 1. The average molecular weight is 298 g/mol. The predicted octanol–water partition coefficient (Wildman–Crippen LogP) is 3.33. The SMILES string of the molecule is CCC(N)C(c1ccccn1)n1ccnc1-c1cccs1. The highest BCUT2D eigenvalue weighted by Gasteiger charge is 2.24. The van der Waals surface area contributed by atoms with Crippen LogP contribution in [0.15, 0.2) is 54.3 Å². The minimum absolute atomic E-state index is 0.00389. The fourth-order valence-corrected chi connectivity index (χ4v) is 3.20. The first-order valence-electron chi connectivity index (χ1n) is 7.04. The lowest BCUT2D eigenvalue weighted by Gasteiger charge is -2.25. The lowest BCUT2D eigenvalue weighted by atomic mass is 10.0. The van der Waals surface area contributed by atoms with Crippen LogP contribution in [0.1, 0.15) is 25.1 Å². The van der Waals surface area contributed by atoms with Crippen LogP contribution >= 0.6 is 11.3 Å². The molecule has 3 rings (SSSR count). The largest absolute Gasteiger partial charge is 0.326 e. The van der Waals surface area contributed by atoms with Crippen LogP contribution in [0.2, 0.25) is 0 Å². The third kappa shape index (κ3) is 2.75. The number of imidazole rings is 1. The van der Waals surface area contributed by atoms with Crippen molar-refractivity contribution in [3.8, 4) is 10.7 Å². The number of thiophene rings is 1. The van der Waals surface area contributed by atoms with E-state index < -0.39 is 0 Å². The standard InChI is InChI=1S/C16H18N4S/c1-2-12(17)15(13-6-3-4-8-18-13)20-10-9-19-16(20)14-7-5-11-21-14/h3-12,15H,2,17H2,1H3. The molecule has 0 spiro atoms. The third-order valence-electron chi connectivity index (χ3n) is 3.58. The Balaban J connectivity index is 2.08. The van der Waals surface area contributed by atoms with Crippen LogP contribution < -0.4 is 5.73 Å². The minimum Gasteiger partial charge on any atom is -0.326 e. The quantitative estimate of drug-likeness (QED) is 0.786. The van der Waals surface area contributed by atoms with E-state index in [-0.39, 0.29) is 12.1 Å². The highest BCUT2D eigenvalue weighted by Crippen LogP contribution is 2.29. The van der Waals surface area contributed by atoms with E-state index in [0.717, 1.165) is 22.8 Å². The van der Waals surface area contributed by atoms with E-state index >= 15 is 0 Å². The Morgan fingerprint density at radius 3 is 2.76 bits per heavy atom. The lowest BCUT2D eigenvalue weighted by Crippen LogP contribution is -2.33. The van der Waals surface area contributed by atoms with Crippen LogP contribution in [0.25, 0.3) is 10.7 Å². The van der Waals surface area contributed by atoms with Crippen LogP contribution in [0, 0.1) is 0 Å². The maximum Gasteiger partial charge on any atom is 0.150 e. The van der Waals surface area contributed by atoms with Crippen molar-refractivity contribution in [2.75, 3.05) is 0 Å². The van der Waals surface area contributed by atoms with E-state index in [2.05, 4.69) is 32.9 Å². The van der Waals surface area contributed by atoms with Crippen LogP contribution in [-0.2, 0) is 0 Å². The predicted molar refractivity (Wildman–Crippen MR) is 86.2 cm³/mol. The van der Waals surface area contributed by atoms with Crippen molar-refractivity contribution in [3.63, 3.8) is 0 Å². The summed E-state index contributed by atoms with van der Waals surface area (Å²) in [6.07, 6.45) is 6.51. The minimum atomic E-state index is -0.00666. The second-order valence-corrected chi connectivity index (χ2v) is 5.85. The zero-order valence-electron chi connectivity index (χ0n) is 11.9. The molecule has 3 aromatic rings. The van der Waals surface area contributed by atoms with E-state index in [1.807, 2.05) is 42.9 Å². The van der Waals surface area contributed by atoms with Gasteiger partial charge in [0.15, 0.2) is 5.82 Å². The smallest absolute Gasteiger partial charge is 0.150 e. The van der Waals surface area contributed by atoms with Gasteiger partial charge in [-0.05, 0) is 30.0 Å². The zero-order valence-corrected chi connectivity index (χ0v) is 12.7. The molecule has 4 nitrogen and oxygen atoms in total. The number of rotatable bonds is 5. The van der Waals surface area contributed by atoms with Gasteiger partial charge in [-0.3, -0.25) is 4.98 Å². The Hall–Kier alpha value is -1.98. The Kier molecular flexibility index (Phi) is 4.13. The monoisotopic (exact) mass is 298 g/mol. The summed E-state index contributed by atoms with van der Waals surface area (Å²) in [4.78, 5) is 10.2. The molecule has 0 aliphatic rings. The molecule has 0 saturated heterocycles. The van der Waals surface area contributed by atoms with Crippen molar-refractivity contribution in [1.29, 1.82) is 0 Å². The maximum atomic E-state index is 6.38. The first-order valence-corrected chi connectivity index (χ1v) is 7.92. The van der Waals surface area contributed by atoms with Gasteiger partial charge in [0.25, 0.3) is 0 Å². The summed E-state index contributed by atoms with van der Waals surface area (Å²) in [5.41, 5.74) is 7.35. The highest BCUT2D eigenvalue weighted by molar-refractivity contribution is 7.13. The van der Waals surface area contributed by atoms with Crippen LogP contribution in [0.5, 0.6) is 0 Å². The van der Waals surface area contributed by atoms with Crippen molar-refractivity contribution in [1.82, 2.24) is 14.5 Å². The lowest BCUT2D eigenvalue weighted by molar-refractivity contribution is 0.453. The molecule has 5 heteroatoms. The summed E-state index contributed by atoms with van der Waals surface area (Å²) in [5.74, 6) is 0.949. The molecule has 0 aromatic carbocycles.